The van der Waals surface area contributed by atoms with Gasteiger partial charge in [-0.15, -0.1) is 0 Å². The summed E-state index contributed by atoms with van der Waals surface area (Å²) in [5.41, 5.74) is 8.18. The fraction of sp³-hybridized carbons (Fsp3) is 0.300. The lowest BCUT2D eigenvalue weighted by molar-refractivity contribution is -0.385. The zero-order chi connectivity index (χ0) is 13.5. The standard InChI is InChI=1S/C10H11N4O4/c1-7-5-9(17-2)10(6-8(7)14(15)16)18-4-3-12-13-11/h5-6H,1,3-4H2,2H3. The van der Waals surface area contributed by atoms with Crippen LogP contribution in [-0.2, 0) is 0 Å². The molecule has 18 heavy (non-hydrogen) atoms. The van der Waals surface area contributed by atoms with Crippen LogP contribution < -0.4 is 9.47 Å². The first-order valence-corrected chi connectivity index (χ1v) is 4.92. The number of hydrogen-bond donors (Lipinski definition) is 0. The third kappa shape index (κ3) is 3.26. The van der Waals surface area contributed by atoms with Crippen LogP contribution in [0.3, 0.4) is 0 Å². The van der Waals surface area contributed by atoms with Crippen molar-refractivity contribution in [1.82, 2.24) is 0 Å². The Morgan fingerprint density at radius 2 is 2.28 bits per heavy atom. The molecule has 0 aromatic heterocycles. The lowest BCUT2D eigenvalue weighted by Gasteiger charge is -2.10. The van der Waals surface area contributed by atoms with Crippen molar-refractivity contribution >= 4 is 5.69 Å². The summed E-state index contributed by atoms with van der Waals surface area (Å²) in [7, 11) is 1.42. The fourth-order valence-electron chi connectivity index (χ4n) is 1.27. The van der Waals surface area contributed by atoms with Crippen molar-refractivity contribution in [3.63, 3.8) is 0 Å². The second-order valence-corrected chi connectivity index (χ2v) is 3.19. The van der Waals surface area contributed by atoms with Crippen molar-refractivity contribution in [3.05, 3.63) is 45.2 Å². The first-order chi connectivity index (χ1) is 8.60. The molecule has 0 unspecified atom stereocenters. The van der Waals surface area contributed by atoms with Crippen LogP contribution in [-0.4, -0.2) is 25.2 Å². The van der Waals surface area contributed by atoms with Gasteiger partial charge in [-0.25, -0.2) is 0 Å². The topological polar surface area (TPSA) is 110 Å². The molecule has 1 aromatic carbocycles. The quantitative estimate of drug-likeness (QED) is 0.193. The first-order valence-electron chi connectivity index (χ1n) is 4.92. The van der Waals surface area contributed by atoms with Gasteiger partial charge in [0.05, 0.1) is 31.3 Å². The van der Waals surface area contributed by atoms with Crippen LogP contribution >= 0.6 is 0 Å². The predicted octanol–water partition coefficient (Wildman–Crippen LogP) is 2.47. The van der Waals surface area contributed by atoms with Crippen LogP contribution in [0.1, 0.15) is 5.56 Å². The maximum absolute atomic E-state index is 10.8. The van der Waals surface area contributed by atoms with Crippen LogP contribution in [0, 0.1) is 17.0 Å². The highest BCUT2D eigenvalue weighted by Crippen LogP contribution is 2.34. The van der Waals surface area contributed by atoms with E-state index < -0.39 is 4.92 Å². The predicted molar refractivity (Wildman–Crippen MR) is 63.6 cm³/mol. The summed E-state index contributed by atoms with van der Waals surface area (Å²) in [6.45, 7) is 3.79. The van der Waals surface area contributed by atoms with E-state index in [9.17, 15) is 10.1 Å². The minimum Gasteiger partial charge on any atom is -0.493 e. The van der Waals surface area contributed by atoms with E-state index >= 15 is 0 Å². The molecule has 1 radical (unpaired) electrons. The number of rotatable bonds is 6. The Morgan fingerprint density at radius 3 is 2.83 bits per heavy atom. The van der Waals surface area contributed by atoms with Crippen LogP contribution in [0.4, 0.5) is 5.69 Å². The van der Waals surface area contributed by atoms with Gasteiger partial charge in [0.15, 0.2) is 11.5 Å². The molecule has 0 N–H and O–H groups in total. The smallest absolute Gasteiger partial charge is 0.276 e. The number of nitrogens with zero attached hydrogens (tertiary/aromatic N) is 4. The van der Waals surface area contributed by atoms with Crippen molar-refractivity contribution in [2.45, 2.75) is 0 Å². The van der Waals surface area contributed by atoms with E-state index in [1.54, 1.807) is 0 Å². The molecule has 1 rings (SSSR count). The maximum atomic E-state index is 10.8. The summed E-state index contributed by atoms with van der Waals surface area (Å²) in [6.07, 6.45) is 0. The van der Waals surface area contributed by atoms with Crippen LogP contribution in [0.15, 0.2) is 17.2 Å². The Morgan fingerprint density at radius 1 is 1.56 bits per heavy atom. The summed E-state index contributed by atoms with van der Waals surface area (Å²) in [5.74, 6) is 0.552. The number of benzene rings is 1. The van der Waals surface area contributed by atoms with Gasteiger partial charge < -0.3 is 9.47 Å². The van der Waals surface area contributed by atoms with Gasteiger partial charge in [-0.1, -0.05) is 5.11 Å². The van der Waals surface area contributed by atoms with E-state index in [2.05, 4.69) is 16.9 Å². The second kappa shape index (κ2) is 6.31. The number of hydrogen-bond acceptors (Lipinski definition) is 5. The fourth-order valence-corrected chi connectivity index (χ4v) is 1.27. The van der Waals surface area contributed by atoms with Gasteiger partial charge in [0.1, 0.15) is 0 Å². The van der Waals surface area contributed by atoms with Gasteiger partial charge in [0.25, 0.3) is 5.69 Å². The number of azide groups is 1. The highest BCUT2D eigenvalue weighted by molar-refractivity contribution is 5.55. The van der Waals surface area contributed by atoms with Crippen molar-refractivity contribution < 1.29 is 14.4 Å². The largest absolute Gasteiger partial charge is 0.493 e. The van der Waals surface area contributed by atoms with Crippen molar-refractivity contribution in [1.29, 1.82) is 0 Å². The Balaban J connectivity index is 2.96. The van der Waals surface area contributed by atoms with Gasteiger partial charge in [-0.05, 0) is 18.5 Å². The molecular formula is C10H11N4O4. The zero-order valence-electron chi connectivity index (χ0n) is 9.70. The number of nitro groups is 1. The van der Waals surface area contributed by atoms with Crippen molar-refractivity contribution in [2.24, 2.45) is 5.11 Å². The zero-order valence-corrected chi connectivity index (χ0v) is 9.70. The molecule has 0 aliphatic heterocycles. The molecule has 0 spiro atoms. The SMILES string of the molecule is [CH2]c1cc(OC)c(OCCN=[N+]=[N-])cc1[N+](=O)[O-]. The van der Waals surface area contributed by atoms with E-state index in [-0.39, 0.29) is 30.2 Å². The molecule has 1 aromatic rings. The third-order valence-corrected chi connectivity index (χ3v) is 2.07. The average Bonchev–Trinajstić information content (AvgIpc) is 2.35. The van der Waals surface area contributed by atoms with Crippen LogP contribution in [0.25, 0.3) is 10.4 Å². The van der Waals surface area contributed by atoms with Gasteiger partial charge >= 0.3 is 0 Å². The summed E-state index contributed by atoms with van der Waals surface area (Å²) >= 11 is 0. The summed E-state index contributed by atoms with van der Waals surface area (Å²) in [4.78, 5) is 12.8. The molecule has 0 atom stereocenters. The minimum absolute atomic E-state index is 0.105. The molecule has 0 aliphatic rings. The van der Waals surface area contributed by atoms with Gasteiger partial charge in [-0.2, -0.15) is 0 Å². The highest BCUT2D eigenvalue weighted by Gasteiger charge is 2.16. The average molecular weight is 251 g/mol. The molecule has 0 bridgehead atoms. The lowest BCUT2D eigenvalue weighted by atomic mass is 10.2. The minimum atomic E-state index is -0.554. The third-order valence-electron chi connectivity index (χ3n) is 2.07. The van der Waals surface area contributed by atoms with Crippen molar-refractivity contribution in [2.75, 3.05) is 20.3 Å². The van der Waals surface area contributed by atoms with E-state index in [4.69, 9.17) is 15.0 Å². The molecule has 0 amide bonds. The normalized spacial score (nSPS) is 9.44. The van der Waals surface area contributed by atoms with Crippen LogP contribution in [0.2, 0.25) is 0 Å². The number of methoxy groups -OCH3 is 1. The Bertz CT molecular complexity index is 497. The molecule has 0 heterocycles. The highest BCUT2D eigenvalue weighted by atomic mass is 16.6. The molecule has 8 heteroatoms. The summed E-state index contributed by atoms with van der Waals surface area (Å²) < 4.78 is 10.3. The van der Waals surface area contributed by atoms with Gasteiger partial charge in [0, 0.05) is 10.5 Å². The summed E-state index contributed by atoms with van der Waals surface area (Å²) in [6, 6.07) is 2.65. The van der Waals surface area contributed by atoms with Crippen molar-refractivity contribution in [3.8, 4) is 11.5 Å². The molecule has 95 valence electrons. The monoisotopic (exact) mass is 251 g/mol. The molecule has 0 saturated carbocycles. The maximum Gasteiger partial charge on any atom is 0.276 e. The molecule has 0 aliphatic carbocycles. The van der Waals surface area contributed by atoms with Gasteiger partial charge in [-0.3, -0.25) is 10.1 Å². The second-order valence-electron chi connectivity index (χ2n) is 3.19. The molecule has 8 nitrogen and oxygen atoms in total. The Hall–Kier alpha value is -2.47. The lowest BCUT2D eigenvalue weighted by Crippen LogP contribution is -2.03. The molecule has 0 fully saturated rings. The first kappa shape index (κ1) is 13.6. The van der Waals surface area contributed by atoms with E-state index in [1.807, 2.05) is 0 Å². The van der Waals surface area contributed by atoms with Crippen LogP contribution in [0.5, 0.6) is 11.5 Å². The molecular weight excluding hydrogens is 240 g/mol. The number of ether oxygens (including phenoxy) is 2. The van der Waals surface area contributed by atoms with E-state index in [0.29, 0.717) is 5.75 Å². The molecule has 0 saturated heterocycles. The van der Waals surface area contributed by atoms with E-state index in [1.165, 1.54) is 19.2 Å². The number of nitro benzene ring substituents is 1. The van der Waals surface area contributed by atoms with Gasteiger partial charge in [0.2, 0.25) is 0 Å². The summed E-state index contributed by atoms with van der Waals surface area (Å²) in [5, 5.41) is 14.0. The Labute approximate surface area is 103 Å². The Kier molecular flexibility index (Phi) is 4.77. The van der Waals surface area contributed by atoms with E-state index in [0.717, 1.165) is 0 Å².